The minimum absolute atomic E-state index is 0.327. The zero-order valence-corrected chi connectivity index (χ0v) is 5.96. The van der Waals surface area contributed by atoms with Gasteiger partial charge < -0.3 is 10.0 Å². The van der Waals surface area contributed by atoms with Gasteiger partial charge in [0.05, 0.1) is 10.6 Å². The van der Waals surface area contributed by atoms with E-state index in [1.54, 1.807) is 0 Å². The molecular weight excluding hydrogens is 120 g/mol. The van der Waals surface area contributed by atoms with Gasteiger partial charge in [0.25, 0.3) is 0 Å². The monoisotopic (exact) mass is 132 g/mol. The summed E-state index contributed by atoms with van der Waals surface area (Å²) in [4.78, 5) is 4.74. The van der Waals surface area contributed by atoms with Crippen LogP contribution < -0.4 is 0 Å². The third-order valence-corrected chi connectivity index (χ3v) is 1.18. The average Bonchev–Trinajstić information content (AvgIpc) is 1.84. The van der Waals surface area contributed by atoms with E-state index >= 15 is 0 Å². The van der Waals surface area contributed by atoms with Crippen LogP contribution in [0.3, 0.4) is 0 Å². The van der Waals surface area contributed by atoms with Crippen LogP contribution in [0.5, 0.6) is 0 Å². The van der Waals surface area contributed by atoms with Crippen molar-refractivity contribution in [1.29, 1.82) is 0 Å². The first-order chi connectivity index (χ1) is 4.12. The van der Waals surface area contributed by atoms with E-state index in [0.717, 1.165) is 6.42 Å². The standard InChI is InChI=1S/C5H12N2O2/c1-4-5(2,3)9-7-6-8/h4H2,1-3H3,(H,7,8). The molecule has 0 aliphatic heterocycles. The van der Waals surface area contributed by atoms with Crippen LogP contribution in [0.15, 0.2) is 10.6 Å². The molecule has 0 fully saturated rings. The van der Waals surface area contributed by atoms with Crippen molar-refractivity contribution < 1.29 is 10.0 Å². The summed E-state index contributed by atoms with van der Waals surface area (Å²) in [5, 5.41) is 13.3. The van der Waals surface area contributed by atoms with Crippen molar-refractivity contribution in [3.8, 4) is 0 Å². The SMILES string of the molecule is CCC(C)(C)ON=NO. The van der Waals surface area contributed by atoms with Gasteiger partial charge >= 0.3 is 0 Å². The normalized spacial score (nSPS) is 12.3. The molecule has 0 saturated carbocycles. The first kappa shape index (κ1) is 8.20. The Bertz CT molecular complexity index is 101. The molecule has 0 heterocycles. The smallest absolute Gasteiger partial charge is 0.133 e. The summed E-state index contributed by atoms with van der Waals surface area (Å²) >= 11 is 0. The quantitative estimate of drug-likeness (QED) is 0.471. The Kier molecular flexibility index (Phi) is 2.98. The van der Waals surface area contributed by atoms with Crippen molar-refractivity contribution in [2.75, 3.05) is 0 Å². The molecule has 4 heteroatoms. The summed E-state index contributed by atoms with van der Waals surface area (Å²) in [6.07, 6.45) is 0.825. The molecule has 0 bridgehead atoms. The lowest BCUT2D eigenvalue weighted by Gasteiger charge is -2.17. The molecule has 0 atom stereocenters. The van der Waals surface area contributed by atoms with Crippen LogP contribution in [0.2, 0.25) is 0 Å². The van der Waals surface area contributed by atoms with Crippen molar-refractivity contribution >= 4 is 0 Å². The highest BCUT2D eigenvalue weighted by Crippen LogP contribution is 2.13. The van der Waals surface area contributed by atoms with E-state index in [0.29, 0.717) is 0 Å². The van der Waals surface area contributed by atoms with Crippen molar-refractivity contribution in [2.45, 2.75) is 32.8 Å². The molecular formula is C5H12N2O2. The van der Waals surface area contributed by atoms with E-state index in [9.17, 15) is 0 Å². The maximum atomic E-state index is 7.86. The van der Waals surface area contributed by atoms with Gasteiger partial charge in [-0.25, -0.2) is 0 Å². The van der Waals surface area contributed by atoms with E-state index < -0.39 is 0 Å². The largest absolute Gasteiger partial charge is 0.392 e. The third kappa shape index (κ3) is 3.76. The topological polar surface area (TPSA) is 54.2 Å². The van der Waals surface area contributed by atoms with Crippen LogP contribution >= 0.6 is 0 Å². The minimum Gasteiger partial charge on any atom is -0.392 e. The molecule has 0 aromatic carbocycles. The summed E-state index contributed by atoms with van der Waals surface area (Å²) in [7, 11) is 0. The van der Waals surface area contributed by atoms with Crippen LogP contribution in [0.25, 0.3) is 0 Å². The van der Waals surface area contributed by atoms with Crippen molar-refractivity contribution in [3.05, 3.63) is 0 Å². The van der Waals surface area contributed by atoms with Crippen LogP contribution in [0.1, 0.15) is 27.2 Å². The summed E-state index contributed by atoms with van der Waals surface area (Å²) in [5.41, 5.74) is -0.327. The highest BCUT2D eigenvalue weighted by molar-refractivity contribution is 4.62. The Morgan fingerprint density at radius 2 is 2.11 bits per heavy atom. The van der Waals surface area contributed by atoms with Crippen LogP contribution in [-0.4, -0.2) is 10.8 Å². The number of hydrogen-bond donors (Lipinski definition) is 1. The van der Waals surface area contributed by atoms with Gasteiger partial charge in [0.1, 0.15) is 5.60 Å². The fourth-order valence-corrected chi connectivity index (χ4v) is 0.193. The molecule has 0 aromatic heterocycles. The van der Waals surface area contributed by atoms with Gasteiger partial charge in [-0.15, -0.1) is 0 Å². The highest BCUT2D eigenvalue weighted by atomic mass is 16.7. The first-order valence-electron chi connectivity index (χ1n) is 2.85. The van der Waals surface area contributed by atoms with Gasteiger partial charge in [-0.1, -0.05) is 6.92 Å². The zero-order valence-electron chi connectivity index (χ0n) is 5.96. The molecule has 0 aromatic rings. The number of nitrogens with zero attached hydrogens (tertiary/aromatic N) is 2. The molecule has 1 N–H and O–H groups in total. The Morgan fingerprint density at radius 1 is 1.56 bits per heavy atom. The molecule has 0 amide bonds. The molecule has 0 unspecified atom stereocenters. The summed E-state index contributed by atoms with van der Waals surface area (Å²) < 4.78 is 0. The van der Waals surface area contributed by atoms with Crippen molar-refractivity contribution in [3.63, 3.8) is 0 Å². The van der Waals surface area contributed by atoms with Gasteiger partial charge in [0, 0.05) is 0 Å². The Balaban J connectivity index is 3.58. The summed E-state index contributed by atoms with van der Waals surface area (Å²) in [6.45, 7) is 5.69. The predicted molar refractivity (Wildman–Crippen MR) is 32.1 cm³/mol. The fraction of sp³-hybridized carbons (Fsp3) is 1.00. The second kappa shape index (κ2) is 3.27. The van der Waals surface area contributed by atoms with E-state index in [-0.39, 0.29) is 5.60 Å². The lowest BCUT2D eigenvalue weighted by atomic mass is 10.1. The molecule has 0 spiro atoms. The molecule has 9 heavy (non-hydrogen) atoms. The Labute approximate surface area is 54.5 Å². The maximum Gasteiger partial charge on any atom is 0.133 e. The number of rotatable bonds is 3. The number of hydrogen-bond acceptors (Lipinski definition) is 3. The van der Waals surface area contributed by atoms with Crippen LogP contribution in [0.4, 0.5) is 0 Å². The highest BCUT2D eigenvalue weighted by Gasteiger charge is 2.15. The van der Waals surface area contributed by atoms with E-state index in [4.69, 9.17) is 10.0 Å². The van der Waals surface area contributed by atoms with Gasteiger partial charge in [0.15, 0.2) is 0 Å². The Hall–Kier alpha value is -0.800. The van der Waals surface area contributed by atoms with Crippen molar-refractivity contribution in [1.82, 2.24) is 0 Å². The van der Waals surface area contributed by atoms with E-state index in [1.807, 2.05) is 20.8 Å². The Morgan fingerprint density at radius 3 is 2.44 bits per heavy atom. The molecule has 0 aliphatic rings. The zero-order chi connectivity index (χ0) is 7.33. The summed E-state index contributed by atoms with van der Waals surface area (Å²) in [5.74, 6) is 0. The van der Waals surface area contributed by atoms with Gasteiger partial charge in [0.2, 0.25) is 0 Å². The lowest BCUT2D eigenvalue weighted by molar-refractivity contribution is -0.0451. The van der Waals surface area contributed by atoms with Crippen molar-refractivity contribution in [2.24, 2.45) is 10.6 Å². The second-order valence-electron chi connectivity index (χ2n) is 2.38. The van der Waals surface area contributed by atoms with Crippen LogP contribution in [0, 0.1) is 0 Å². The first-order valence-corrected chi connectivity index (χ1v) is 2.85. The predicted octanol–water partition coefficient (Wildman–Crippen LogP) is 1.95. The molecule has 0 saturated heterocycles. The van der Waals surface area contributed by atoms with Gasteiger partial charge in [-0.2, -0.15) is 0 Å². The fourth-order valence-electron chi connectivity index (χ4n) is 0.193. The maximum absolute atomic E-state index is 7.86. The average molecular weight is 132 g/mol. The second-order valence-corrected chi connectivity index (χ2v) is 2.38. The third-order valence-electron chi connectivity index (χ3n) is 1.18. The van der Waals surface area contributed by atoms with E-state index in [1.165, 1.54) is 0 Å². The molecule has 0 aliphatic carbocycles. The molecule has 0 radical (unpaired) electrons. The lowest BCUT2D eigenvalue weighted by Crippen LogP contribution is -2.19. The molecule has 54 valence electrons. The van der Waals surface area contributed by atoms with Gasteiger partial charge in [-0.3, -0.25) is 0 Å². The van der Waals surface area contributed by atoms with Crippen LogP contribution in [-0.2, 0) is 4.84 Å². The minimum atomic E-state index is -0.327. The molecule has 4 nitrogen and oxygen atoms in total. The van der Waals surface area contributed by atoms with E-state index in [2.05, 4.69) is 10.6 Å². The molecule has 0 rings (SSSR count). The van der Waals surface area contributed by atoms with Gasteiger partial charge in [-0.05, 0) is 20.3 Å². The summed E-state index contributed by atoms with van der Waals surface area (Å²) in [6, 6.07) is 0.